The summed E-state index contributed by atoms with van der Waals surface area (Å²) in [5.41, 5.74) is -0.757. The number of rotatable bonds is 6. The van der Waals surface area contributed by atoms with E-state index in [-0.39, 0.29) is 24.8 Å². The van der Waals surface area contributed by atoms with Crippen LogP contribution < -0.4 is 10.2 Å². The number of para-hydroxylation sites is 1. The van der Waals surface area contributed by atoms with Gasteiger partial charge in [0.2, 0.25) is 5.91 Å². The van der Waals surface area contributed by atoms with Crippen molar-refractivity contribution in [2.75, 3.05) is 18.6 Å². The second-order valence-electron chi connectivity index (χ2n) is 6.87. The molecule has 0 aromatic heterocycles. The zero-order valence-electron chi connectivity index (χ0n) is 14.0. The minimum atomic E-state index is -1.02. The molecule has 0 unspecified atom stereocenters. The highest BCUT2D eigenvalue weighted by molar-refractivity contribution is 6.01. The van der Waals surface area contributed by atoms with Crippen LogP contribution in [-0.4, -0.2) is 36.1 Å². The zero-order valence-corrected chi connectivity index (χ0v) is 14.0. The Hall–Kier alpha value is -1.88. The lowest BCUT2D eigenvalue weighted by Gasteiger charge is -2.31. The molecule has 2 amide bonds. The van der Waals surface area contributed by atoms with E-state index in [9.17, 15) is 14.7 Å². The van der Waals surface area contributed by atoms with Crippen LogP contribution in [0.2, 0.25) is 0 Å². The maximum Gasteiger partial charge on any atom is 0.251 e. The van der Waals surface area contributed by atoms with Crippen LogP contribution in [0.25, 0.3) is 0 Å². The fraction of sp³-hybridized carbons (Fsp3) is 0.529. The van der Waals surface area contributed by atoms with Crippen molar-refractivity contribution >= 4 is 17.5 Å². The van der Waals surface area contributed by atoms with Gasteiger partial charge in [0.15, 0.2) is 0 Å². The number of hydrogen-bond acceptors (Lipinski definition) is 3. The molecule has 0 bridgehead atoms. The van der Waals surface area contributed by atoms with E-state index in [0.29, 0.717) is 0 Å². The first-order valence-corrected chi connectivity index (χ1v) is 7.34. The molecule has 5 heteroatoms. The second kappa shape index (κ2) is 6.92. The van der Waals surface area contributed by atoms with Crippen LogP contribution in [0, 0.1) is 5.41 Å². The van der Waals surface area contributed by atoms with Crippen LogP contribution in [0.15, 0.2) is 30.3 Å². The Balaban J connectivity index is 2.77. The van der Waals surface area contributed by atoms with Crippen molar-refractivity contribution in [3.63, 3.8) is 0 Å². The molecule has 0 aliphatic rings. The summed E-state index contributed by atoms with van der Waals surface area (Å²) in [5.74, 6) is -0.451. The highest BCUT2D eigenvalue weighted by atomic mass is 16.3. The third-order valence-electron chi connectivity index (χ3n) is 3.50. The van der Waals surface area contributed by atoms with E-state index in [4.69, 9.17) is 0 Å². The van der Waals surface area contributed by atoms with Gasteiger partial charge in [-0.15, -0.1) is 0 Å². The number of likely N-dealkylation sites (N-methyl/N-ethyl adjacent to an activating group) is 1. The molecule has 0 fully saturated rings. The molecule has 0 radical (unpaired) electrons. The normalized spacial score (nSPS) is 11.9. The maximum absolute atomic E-state index is 12.6. The first kappa shape index (κ1) is 18.2. The summed E-state index contributed by atoms with van der Waals surface area (Å²) in [4.78, 5) is 26.2. The Morgan fingerprint density at radius 1 is 1.14 bits per heavy atom. The molecule has 1 rings (SSSR count). The number of anilines is 1. The SMILES string of the molecule is CN(C(=O)C(C)(C)NC(=O)CC(C)(C)CO)c1ccccc1. The number of carbonyl (C=O) groups is 2. The Labute approximate surface area is 132 Å². The number of hydrogen-bond donors (Lipinski definition) is 2. The predicted octanol–water partition coefficient (Wildman–Crippen LogP) is 1.95. The molecule has 0 saturated heterocycles. The Kier molecular flexibility index (Phi) is 5.72. The summed E-state index contributed by atoms with van der Waals surface area (Å²) in [7, 11) is 1.68. The molecule has 0 aliphatic heterocycles. The number of nitrogens with zero attached hydrogens (tertiary/aromatic N) is 1. The number of aliphatic hydroxyl groups is 1. The number of nitrogens with one attached hydrogen (secondary N) is 1. The van der Waals surface area contributed by atoms with Gasteiger partial charge >= 0.3 is 0 Å². The van der Waals surface area contributed by atoms with Gasteiger partial charge in [-0.05, 0) is 31.4 Å². The van der Waals surface area contributed by atoms with Crippen molar-refractivity contribution in [2.45, 2.75) is 39.7 Å². The fourth-order valence-corrected chi connectivity index (χ4v) is 2.12. The zero-order chi connectivity index (χ0) is 17.0. The van der Waals surface area contributed by atoms with Crippen molar-refractivity contribution < 1.29 is 14.7 Å². The molecule has 1 aromatic rings. The molecule has 0 aliphatic carbocycles. The lowest BCUT2D eigenvalue weighted by molar-refractivity contribution is -0.131. The molecule has 0 heterocycles. The van der Waals surface area contributed by atoms with Crippen molar-refractivity contribution in [3.05, 3.63) is 30.3 Å². The van der Waals surface area contributed by atoms with Crippen LogP contribution in [0.1, 0.15) is 34.1 Å². The highest BCUT2D eigenvalue weighted by Crippen LogP contribution is 2.21. The molecule has 1 aromatic carbocycles. The van der Waals surface area contributed by atoms with E-state index in [1.807, 2.05) is 30.3 Å². The first-order chi connectivity index (χ1) is 10.1. The van der Waals surface area contributed by atoms with Crippen molar-refractivity contribution in [3.8, 4) is 0 Å². The van der Waals surface area contributed by atoms with Crippen LogP contribution in [0.3, 0.4) is 0 Å². The van der Waals surface area contributed by atoms with Crippen LogP contribution >= 0.6 is 0 Å². The van der Waals surface area contributed by atoms with Crippen LogP contribution in [0.4, 0.5) is 5.69 Å². The summed E-state index contributed by atoms with van der Waals surface area (Å²) in [6.07, 6.45) is 0.162. The summed E-state index contributed by atoms with van der Waals surface area (Å²) >= 11 is 0. The molecule has 22 heavy (non-hydrogen) atoms. The van der Waals surface area contributed by atoms with Gasteiger partial charge in [0, 0.05) is 25.8 Å². The van der Waals surface area contributed by atoms with Gasteiger partial charge in [-0.3, -0.25) is 9.59 Å². The van der Waals surface area contributed by atoms with E-state index in [1.54, 1.807) is 34.7 Å². The first-order valence-electron chi connectivity index (χ1n) is 7.34. The average molecular weight is 306 g/mol. The molecule has 0 atom stereocenters. The third kappa shape index (κ3) is 4.84. The van der Waals surface area contributed by atoms with Crippen LogP contribution in [-0.2, 0) is 9.59 Å². The summed E-state index contributed by atoms with van der Waals surface area (Å²) in [5, 5.41) is 12.0. The Morgan fingerprint density at radius 3 is 2.18 bits per heavy atom. The number of carbonyl (C=O) groups excluding carboxylic acids is 2. The van der Waals surface area contributed by atoms with Crippen LogP contribution in [0.5, 0.6) is 0 Å². The van der Waals surface area contributed by atoms with Gasteiger partial charge in [0.25, 0.3) is 5.91 Å². The predicted molar refractivity (Wildman–Crippen MR) is 87.6 cm³/mol. The largest absolute Gasteiger partial charge is 0.396 e. The van der Waals surface area contributed by atoms with Gasteiger partial charge in [0.05, 0.1) is 0 Å². The van der Waals surface area contributed by atoms with E-state index in [1.165, 1.54) is 4.90 Å². The maximum atomic E-state index is 12.6. The number of aliphatic hydroxyl groups excluding tert-OH is 1. The van der Waals surface area contributed by atoms with Gasteiger partial charge in [-0.2, -0.15) is 0 Å². The van der Waals surface area contributed by atoms with Crippen molar-refractivity contribution in [1.82, 2.24) is 5.32 Å². The minimum absolute atomic E-state index is 0.0846. The summed E-state index contributed by atoms with van der Waals surface area (Å²) in [6, 6.07) is 9.27. The standard InChI is InChI=1S/C17H26N2O3/c1-16(2,12-20)11-14(21)18-17(3,4)15(22)19(5)13-9-7-6-8-10-13/h6-10,20H,11-12H2,1-5H3,(H,18,21). The van der Waals surface area contributed by atoms with E-state index in [0.717, 1.165) is 5.69 Å². The highest BCUT2D eigenvalue weighted by Gasteiger charge is 2.34. The molecule has 0 saturated carbocycles. The number of benzene rings is 1. The summed E-state index contributed by atoms with van der Waals surface area (Å²) < 4.78 is 0. The van der Waals surface area contributed by atoms with Gasteiger partial charge in [-0.25, -0.2) is 0 Å². The third-order valence-corrected chi connectivity index (χ3v) is 3.50. The fourth-order valence-electron chi connectivity index (χ4n) is 2.12. The molecular formula is C17H26N2O3. The monoisotopic (exact) mass is 306 g/mol. The minimum Gasteiger partial charge on any atom is -0.396 e. The molecule has 5 nitrogen and oxygen atoms in total. The Morgan fingerprint density at radius 2 is 1.68 bits per heavy atom. The average Bonchev–Trinajstić information content (AvgIpc) is 2.45. The lowest BCUT2D eigenvalue weighted by Crippen LogP contribution is -2.55. The molecule has 0 spiro atoms. The molecule has 2 N–H and O–H groups in total. The van der Waals surface area contributed by atoms with E-state index in [2.05, 4.69) is 5.32 Å². The lowest BCUT2D eigenvalue weighted by atomic mass is 9.89. The van der Waals surface area contributed by atoms with E-state index >= 15 is 0 Å². The number of amides is 2. The van der Waals surface area contributed by atoms with Gasteiger partial charge in [-0.1, -0.05) is 32.0 Å². The van der Waals surface area contributed by atoms with Gasteiger partial charge in [0.1, 0.15) is 5.54 Å². The van der Waals surface area contributed by atoms with Crippen molar-refractivity contribution in [1.29, 1.82) is 0 Å². The second-order valence-corrected chi connectivity index (χ2v) is 6.87. The smallest absolute Gasteiger partial charge is 0.251 e. The molecular weight excluding hydrogens is 280 g/mol. The Bertz CT molecular complexity index is 524. The van der Waals surface area contributed by atoms with Gasteiger partial charge < -0.3 is 15.3 Å². The summed E-state index contributed by atoms with van der Waals surface area (Å²) in [6.45, 7) is 6.88. The topological polar surface area (TPSA) is 69.6 Å². The quantitative estimate of drug-likeness (QED) is 0.844. The molecule has 122 valence electrons. The van der Waals surface area contributed by atoms with Crippen molar-refractivity contribution in [2.24, 2.45) is 5.41 Å². The van der Waals surface area contributed by atoms with E-state index < -0.39 is 11.0 Å².